The lowest BCUT2D eigenvalue weighted by molar-refractivity contribution is 0.597. The number of aryl methyl sites for hydroxylation is 2. The molecule has 0 fully saturated rings. The largest absolute Gasteiger partial charge is 0.337 e. The van der Waals surface area contributed by atoms with Crippen LogP contribution >= 0.6 is 15.9 Å². The van der Waals surface area contributed by atoms with Crippen molar-refractivity contribution in [2.45, 2.75) is 11.9 Å². The van der Waals surface area contributed by atoms with Crippen molar-refractivity contribution >= 4 is 31.6 Å². The summed E-state index contributed by atoms with van der Waals surface area (Å²) in [5.74, 6) is 0.0276. The monoisotopic (exact) mass is 347 g/mol. The molecular formula is C11H11BrFN3O2S. The number of sulfonamides is 1. The van der Waals surface area contributed by atoms with Crippen LogP contribution in [0.1, 0.15) is 5.82 Å². The lowest BCUT2D eigenvalue weighted by Gasteiger charge is -2.06. The number of imidazole rings is 1. The van der Waals surface area contributed by atoms with Gasteiger partial charge in [-0.1, -0.05) is 0 Å². The number of rotatable bonds is 3. The fraction of sp³-hybridized carbons (Fsp3) is 0.182. The van der Waals surface area contributed by atoms with E-state index in [2.05, 4.69) is 25.6 Å². The first-order valence-corrected chi connectivity index (χ1v) is 7.55. The van der Waals surface area contributed by atoms with E-state index in [-0.39, 0.29) is 15.2 Å². The molecule has 1 N–H and O–H groups in total. The van der Waals surface area contributed by atoms with Crippen LogP contribution in [0.2, 0.25) is 0 Å². The van der Waals surface area contributed by atoms with E-state index < -0.39 is 15.8 Å². The first kappa shape index (κ1) is 14.0. The van der Waals surface area contributed by atoms with Crippen LogP contribution in [0, 0.1) is 12.7 Å². The molecule has 5 nitrogen and oxygen atoms in total. The predicted octanol–water partition coefficient (Wildman–Crippen LogP) is 2.43. The highest BCUT2D eigenvalue weighted by atomic mass is 79.9. The second-order valence-electron chi connectivity index (χ2n) is 3.97. The average Bonchev–Trinajstić information content (AvgIpc) is 2.65. The third-order valence-corrected chi connectivity index (χ3v) is 4.43. The number of benzene rings is 1. The Kier molecular flexibility index (Phi) is 3.64. The standard InChI is InChI=1S/C11H11BrFN3O2S/c1-7-14-11(6-16(7)2)19(17,18)15-8-3-4-9(12)10(13)5-8/h3-6,15H,1-2H3. The molecule has 0 atom stereocenters. The third-order valence-electron chi connectivity index (χ3n) is 2.53. The van der Waals surface area contributed by atoms with Gasteiger partial charge < -0.3 is 4.57 Å². The van der Waals surface area contributed by atoms with Gasteiger partial charge in [0.2, 0.25) is 0 Å². The van der Waals surface area contributed by atoms with Crippen molar-refractivity contribution in [3.8, 4) is 0 Å². The molecule has 2 aromatic rings. The molecule has 19 heavy (non-hydrogen) atoms. The Morgan fingerprint density at radius 2 is 2.11 bits per heavy atom. The predicted molar refractivity (Wildman–Crippen MR) is 72.9 cm³/mol. The number of hydrogen-bond acceptors (Lipinski definition) is 3. The van der Waals surface area contributed by atoms with Crippen LogP contribution in [0.15, 0.2) is 33.9 Å². The number of anilines is 1. The molecule has 0 spiro atoms. The molecule has 0 aliphatic rings. The quantitative estimate of drug-likeness (QED) is 0.927. The Balaban J connectivity index is 2.33. The summed E-state index contributed by atoms with van der Waals surface area (Å²) in [7, 11) is -2.11. The fourth-order valence-corrected chi connectivity index (χ4v) is 2.76. The Morgan fingerprint density at radius 1 is 1.42 bits per heavy atom. The summed E-state index contributed by atoms with van der Waals surface area (Å²) in [5, 5.41) is -0.101. The summed E-state index contributed by atoms with van der Waals surface area (Å²) in [6, 6.07) is 3.98. The number of nitrogens with one attached hydrogen (secondary N) is 1. The van der Waals surface area contributed by atoms with Gasteiger partial charge in [-0.3, -0.25) is 4.72 Å². The average molecular weight is 348 g/mol. The molecule has 0 unspecified atom stereocenters. The summed E-state index contributed by atoms with van der Waals surface area (Å²) in [5.41, 5.74) is 0.143. The van der Waals surface area contributed by atoms with Crippen molar-refractivity contribution in [3.63, 3.8) is 0 Å². The highest BCUT2D eigenvalue weighted by Gasteiger charge is 2.19. The van der Waals surface area contributed by atoms with Gasteiger partial charge in [-0.2, -0.15) is 8.42 Å². The second-order valence-corrected chi connectivity index (χ2v) is 6.46. The molecule has 0 radical (unpaired) electrons. The van der Waals surface area contributed by atoms with E-state index in [1.165, 1.54) is 18.3 Å². The van der Waals surface area contributed by atoms with E-state index in [4.69, 9.17) is 0 Å². The maximum atomic E-state index is 13.3. The van der Waals surface area contributed by atoms with Gasteiger partial charge in [-0.15, -0.1) is 0 Å². The lowest BCUT2D eigenvalue weighted by Crippen LogP contribution is -2.13. The summed E-state index contributed by atoms with van der Waals surface area (Å²) in [6.45, 7) is 1.69. The van der Waals surface area contributed by atoms with Gasteiger partial charge in [0.05, 0.1) is 10.2 Å². The first-order valence-electron chi connectivity index (χ1n) is 5.27. The summed E-state index contributed by atoms with van der Waals surface area (Å²) >= 11 is 3.00. The van der Waals surface area contributed by atoms with Crippen LogP contribution in [0.3, 0.4) is 0 Å². The molecule has 1 heterocycles. The van der Waals surface area contributed by atoms with Crippen molar-refractivity contribution in [2.24, 2.45) is 7.05 Å². The topological polar surface area (TPSA) is 64.0 Å². The molecule has 0 saturated carbocycles. The fourth-order valence-electron chi connectivity index (χ4n) is 1.42. The Labute approximate surface area is 118 Å². The highest BCUT2D eigenvalue weighted by molar-refractivity contribution is 9.10. The summed E-state index contributed by atoms with van der Waals surface area (Å²) < 4.78 is 41.5. The van der Waals surface area contributed by atoms with Gasteiger partial charge in [0, 0.05) is 13.2 Å². The van der Waals surface area contributed by atoms with E-state index >= 15 is 0 Å². The zero-order chi connectivity index (χ0) is 14.2. The first-order chi connectivity index (χ1) is 8.79. The van der Waals surface area contributed by atoms with Crippen LogP contribution in [0.4, 0.5) is 10.1 Å². The van der Waals surface area contributed by atoms with Crippen LogP contribution in [-0.4, -0.2) is 18.0 Å². The van der Waals surface area contributed by atoms with E-state index in [1.807, 2.05) is 0 Å². The number of halogens is 2. The van der Waals surface area contributed by atoms with Gasteiger partial charge in [0.15, 0.2) is 5.03 Å². The zero-order valence-corrected chi connectivity index (χ0v) is 12.6. The molecule has 0 amide bonds. The molecule has 2 rings (SSSR count). The molecule has 102 valence electrons. The maximum absolute atomic E-state index is 13.3. The smallest absolute Gasteiger partial charge is 0.280 e. The normalized spacial score (nSPS) is 11.6. The van der Waals surface area contributed by atoms with Crippen LogP contribution in [-0.2, 0) is 17.1 Å². The van der Waals surface area contributed by atoms with Gasteiger partial charge in [-0.05, 0) is 41.1 Å². The zero-order valence-electron chi connectivity index (χ0n) is 10.2. The minimum absolute atomic E-state index is 0.101. The van der Waals surface area contributed by atoms with E-state index in [9.17, 15) is 12.8 Å². The molecule has 0 saturated heterocycles. The van der Waals surface area contributed by atoms with Crippen molar-refractivity contribution in [3.05, 3.63) is 40.5 Å². The summed E-state index contributed by atoms with van der Waals surface area (Å²) in [4.78, 5) is 3.93. The molecule has 0 aliphatic carbocycles. The molecular weight excluding hydrogens is 337 g/mol. The van der Waals surface area contributed by atoms with Crippen molar-refractivity contribution in [1.29, 1.82) is 0 Å². The molecule has 8 heteroatoms. The minimum atomic E-state index is -3.81. The van der Waals surface area contributed by atoms with Crippen molar-refractivity contribution in [1.82, 2.24) is 9.55 Å². The minimum Gasteiger partial charge on any atom is -0.337 e. The van der Waals surface area contributed by atoms with Crippen molar-refractivity contribution in [2.75, 3.05) is 4.72 Å². The van der Waals surface area contributed by atoms with E-state index in [0.29, 0.717) is 5.82 Å². The molecule has 0 aliphatic heterocycles. The highest BCUT2D eigenvalue weighted by Crippen LogP contribution is 2.21. The van der Waals surface area contributed by atoms with Gasteiger partial charge in [-0.25, -0.2) is 9.37 Å². The SMILES string of the molecule is Cc1nc(S(=O)(=O)Nc2ccc(Br)c(F)c2)cn1C. The Hall–Kier alpha value is -1.41. The Morgan fingerprint density at radius 3 is 2.63 bits per heavy atom. The number of aromatic nitrogens is 2. The Bertz CT molecular complexity index is 708. The van der Waals surface area contributed by atoms with Crippen LogP contribution < -0.4 is 4.72 Å². The second kappa shape index (κ2) is 4.93. The van der Waals surface area contributed by atoms with Crippen LogP contribution in [0.5, 0.6) is 0 Å². The van der Waals surface area contributed by atoms with Gasteiger partial charge in [0.25, 0.3) is 10.0 Å². The van der Waals surface area contributed by atoms with Crippen LogP contribution in [0.25, 0.3) is 0 Å². The van der Waals surface area contributed by atoms with Gasteiger partial charge in [0.1, 0.15) is 11.6 Å². The number of hydrogen-bond donors (Lipinski definition) is 1. The van der Waals surface area contributed by atoms with E-state index in [0.717, 1.165) is 6.07 Å². The lowest BCUT2D eigenvalue weighted by atomic mass is 10.3. The molecule has 0 bridgehead atoms. The molecule has 1 aromatic carbocycles. The number of nitrogens with zero attached hydrogens (tertiary/aromatic N) is 2. The van der Waals surface area contributed by atoms with Crippen molar-refractivity contribution < 1.29 is 12.8 Å². The maximum Gasteiger partial charge on any atom is 0.280 e. The third kappa shape index (κ3) is 2.95. The molecule has 1 aromatic heterocycles. The summed E-state index contributed by atoms with van der Waals surface area (Å²) in [6.07, 6.45) is 1.40. The van der Waals surface area contributed by atoms with E-state index in [1.54, 1.807) is 18.5 Å². The van der Waals surface area contributed by atoms with Gasteiger partial charge >= 0.3 is 0 Å².